The molecule has 4 rings (SSSR count). The molecule has 0 radical (unpaired) electrons. The lowest BCUT2D eigenvalue weighted by atomic mass is 9.89. The average molecular weight is 462 g/mol. The van der Waals surface area contributed by atoms with Gasteiger partial charge in [-0.15, -0.1) is 0 Å². The Bertz CT molecular complexity index is 1120. The Hall–Kier alpha value is -2.82. The van der Waals surface area contributed by atoms with Gasteiger partial charge in [0, 0.05) is 36.5 Å². The van der Waals surface area contributed by atoms with E-state index in [1.165, 1.54) is 43.4 Å². The Morgan fingerprint density at radius 3 is 2.47 bits per heavy atom. The summed E-state index contributed by atoms with van der Waals surface area (Å²) >= 11 is 0. The maximum Gasteiger partial charge on any atom is 0.232 e. The Morgan fingerprint density at radius 2 is 1.82 bits per heavy atom. The number of amides is 1. The molecule has 0 atom stereocenters. The van der Waals surface area contributed by atoms with Crippen molar-refractivity contribution in [3.8, 4) is 5.75 Å². The van der Waals surface area contributed by atoms with E-state index in [4.69, 9.17) is 9.72 Å². The van der Waals surface area contributed by atoms with Gasteiger partial charge in [0.15, 0.2) is 0 Å². The van der Waals surface area contributed by atoms with Crippen LogP contribution in [0.3, 0.4) is 0 Å². The van der Waals surface area contributed by atoms with Gasteiger partial charge in [0.25, 0.3) is 0 Å². The number of fused-ring (bicyclic) bond motifs is 1. The standard InChI is InChI=1S/C29H39N3O2/c1-6-34-26-14-12-21(13-15-26)16-24-17-23-18-25(31(5)28(33)29(2,3)4)19-30-27(23)32(24)20-22-10-8-7-9-11-22/h12-15,17-19,22H,6-11,16,20H2,1-5H3. The Morgan fingerprint density at radius 1 is 1.12 bits per heavy atom. The molecule has 2 aromatic heterocycles. The number of ether oxygens (including phenoxy) is 1. The summed E-state index contributed by atoms with van der Waals surface area (Å²) < 4.78 is 8.04. The number of hydrogen-bond acceptors (Lipinski definition) is 3. The van der Waals surface area contributed by atoms with Crippen LogP contribution in [0.15, 0.2) is 42.6 Å². The SMILES string of the molecule is CCOc1ccc(Cc2cc3cc(N(C)C(=O)C(C)(C)C)cnc3n2CC2CCCCC2)cc1. The van der Waals surface area contributed by atoms with Gasteiger partial charge >= 0.3 is 0 Å². The number of anilines is 1. The van der Waals surface area contributed by atoms with Gasteiger partial charge in [-0.3, -0.25) is 4.79 Å². The molecule has 3 aromatic rings. The minimum atomic E-state index is -0.435. The summed E-state index contributed by atoms with van der Waals surface area (Å²) in [5, 5.41) is 1.10. The maximum atomic E-state index is 12.8. The van der Waals surface area contributed by atoms with Gasteiger partial charge in [-0.25, -0.2) is 4.98 Å². The number of pyridine rings is 1. The fourth-order valence-corrected chi connectivity index (χ4v) is 5.05. The molecule has 5 heteroatoms. The van der Waals surface area contributed by atoms with Crippen LogP contribution in [0.2, 0.25) is 0 Å². The number of benzene rings is 1. The molecule has 0 bridgehead atoms. The minimum Gasteiger partial charge on any atom is -0.494 e. The third-order valence-corrected chi connectivity index (χ3v) is 6.92. The topological polar surface area (TPSA) is 47.4 Å². The minimum absolute atomic E-state index is 0.0879. The second kappa shape index (κ2) is 10.2. The molecule has 2 heterocycles. The molecule has 1 saturated carbocycles. The smallest absolute Gasteiger partial charge is 0.232 e. The molecule has 1 aliphatic rings. The number of rotatable bonds is 7. The predicted molar refractivity (Wildman–Crippen MR) is 140 cm³/mol. The van der Waals surface area contributed by atoms with Gasteiger partial charge in [-0.1, -0.05) is 52.2 Å². The summed E-state index contributed by atoms with van der Waals surface area (Å²) in [5.41, 5.74) is 3.97. The van der Waals surface area contributed by atoms with Gasteiger partial charge in [0.2, 0.25) is 5.91 Å². The average Bonchev–Trinajstić information content (AvgIpc) is 3.15. The normalized spacial score (nSPS) is 15.0. The van der Waals surface area contributed by atoms with Gasteiger partial charge in [-0.05, 0) is 55.5 Å². The molecular weight excluding hydrogens is 422 g/mol. The summed E-state index contributed by atoms with van der Waals surface area (Å²) in [5.74, 6) is 1.70. The summed E-state index contributed by atoms with van der Waals surface area (Å²) in [6.45, 7) is 9.55. The van der Waals surface area contributed by atoms with Crippen molar-refractivity contribution in [3.63, 3.8) is 0 Å². The lowest BCUT2D eigenvalue weighted by Gasteiger charge is -2.26. The van der Waals surface area contributed by atoms with Crippen molar-refractivity contribution < 1.29 is 9.53 Å². The van der Waals surface area contributed by atoms with Crippen LogP contribution in [-0.2, 0) is 17.8 Å². The molecule has 0 saturated heterocycles. The van der Waals surface area contributed by atoms with Crippen LogP contribution in [0.5, 0.6) is 5.75 Å². The first-order valence-corrected chi connectivity index (χ1v) is 12.7. The molecular formula is C29H39N3O2. The fraction of sp³-hybridized carbons (Fsp3) is 0.517. The van der Waals surface area contributed by atoms with Crippen molar-refractivity contribution >= 4 is 22.6 Å². The zero-order chi connectivity index (χ0) is 24.3. The number of carbonyl (C=O) groups is 1. The van der Waals surface area contributed by atoms with Crippen LogP contribution >= 0.6 is 0 Å². The van der Waals surface area contributed by atoms with E-state index in [9.17, 15) is 4.79 Å². The predicted octanol–water partition coefficient (Wildman–Crippen LogP) is 6.62. The third kappa shape index (κ3) is 5.45. The van der Waals surface area contributed by atoms with Crippen LogP contribution in [0, 0.1) is 11.3 Å². The molecule has 0 unspecified atom stereocenters. The molecule has 0 spiro atoms. The van der Waals surface area contributed by atoms with Gasteiger partial charge in [0.05, 0.1) is 18.5 Å². The van der Waals surface area contributed by atoms with Gasteiger partial charge < -0.3 is 14.2 Å². The highest BCUT2D eigenvalue weighted by atomic mass is 16.5. The lowest BCUT2D eigenvalue weighted by molar-refractivity contribution is -0.125. The quantitative estimate of drug-likeness (QED) is 0.397. The number of aromatic nitrogens is 2. The van der Waals surface area contributed by atoms with Gasteiger partial charge in [-0.2, -0.15) is 0 Å². The molecule has 1 aliphatic carbocycles. The molecule has 182 valence electrons. The van der Waals surface area contributed by atoms with Crippen molar-refractivity contribution in [1.29, 1.82) is 0 Å². The second-order valence-electron chi connectivity index (χ2n) is 10.7. The van der Waals surface area contributed by atoms with Crippen LogP contribution in [0.25, 0.3) is 11.0 Å². The summed E-state index contributed by atoms with van der Waals surface area (Å²) in [6.07, 6.45) is 9.31. The molecule has 5 nitrogen and oxygen atoms in total. The largest absolute Gasteiger partial charge is 0.494 e. The third-order valence-electron chi connectivity index (χ3n) is 6.92. The lowest BCUT2D eigenvalue weighted by Crippen LogP contribution is -2.36. The first kappa shape index (κ1) is 24.3. The Labute approximate surface area is 204 Å². The number of carbonyl (C=O) groups excluding carboxylic acids is 1. The molecule has 0 aliphatic heterocycles. The molecule has 0 N–H and O–H groups in total. The van der Waals surface area contributed by atoms with E-state index in [2.05, 4.69) is 41.0 Å². The highest BCUT2D eigenvalue weighted by Crippen LogP contribution is 2.31. The van der Waals surface area contributed by atoms with Gasteiger partial charge in [0.1, 0.15) is 11.4 Å². The van der Waals surface area contributed by atoms with Crippen LogP contribution in [-0.4, -0.2) is 29.1 Å². The van der Waals surface area contributed by atoms with Crippen molar-refractivity contribution in [1.82, 2.24) is 9.55 Å². The van der Waals surface area contributed by atoms with Crippen molar-refractivity contribution in [2.75, 3.05) is 18.6 Å². The van der Waals surface area contributed by atoms with Crippen molar-refractivity contribution in [2.24, 2.45) is 11.3 Å². The Kier molecular flexibility index (Phi) is 7.30. The molecule has 34 heavy (non-hydrogen) atoms. The summed E-state index contributed by atoms with van der Waals surface area (Å²) in [6, 6.07) is 12.8. The second-order valence-corrected chi connectivity index (χ2v) is 10.7. The van der Waals surface area contributed by atoms with Crippen LogP contribution < -0.4 is 9.64 Å². The summed E-state index contributed by atoms with van der Waals surface area (Å²) in [4.78, 5) is 19.4. The molecule has 1 aromatic carbocycles. The Balaban J connectivity index is 1.68. The van der Waals surface area contributed by atoms with E-state index >= 15 is 0 Å². The molecule has 1 fully saturated rings. The fourth-order valence-electron chi connectivity index (χ4n) is 5.05. The first-order chi connectivity index (χ1) is 16.3. The monoisotopic (exact) mass is 461 g/mol. The zero-order valence-corrected chi connectivity index (χ0v) is 21.4. The van der Waals surface area contributed by atoms with E-state index in [1.54, 1.807) is 4.90 Å². The molecule has 1 amide bonds. The van der Waals surface area contributed by atoms with Crippen molar-refractivity contribution in [3.05, 3.63) is 53.9 Å². The first-order valence-electron chi connectivity index (χ1n) is 12.7. The maximum absolute atomic E-state index is 12.8. The zero-order valence-electron chi connectivity index (χ0n) is 21.4. The van der Waals surface area contributed by atoms with E-state index in [0.29, 0.717) is 12.5 Å². The van der Waals surface area contributed by atoms with E-state index in [0.717, 1.165) is 35.4 Å². The van der Waals surface area contributed by atoms with Crippen molar-refractivity contribution in [2.45, 2.75) is 72.8 Å². The highest BCUT2D eigenvalue weighted by Gasteiger charge is 2.26. The van der Waals surface area contributed by atoms with E-state index in [-0.39, 0.29) is 5.91 Å². The number of hydrogen-bond donors (Lipinski definition) is 0. The van der Waals surface area contributed by atoms with E-state index in [1.807, 2.05) is 40.9 Å². The van der Waals surface area contributed by atoms with Crippen LogP contribution in [0.4, 0.5) is 5.69 Å². The summed E-state index contributed by atoms with van der Waals surface area (Å²) in [7, 11) is 1.84. The highest BCUT2D eigenvalue weighted by molar-refractivity contribution is 5.97. The van der Waals surface area contributed by atoms with Crippen LogP contribution in [0.1, 0.15) is 71.1 Å². The van der Waals surface area contributed by atoms with E-state index < -0.39 is 5.41 Å². The number of nitrogens with zero attached hydrogens (tertiary/aromatic N) is 3.